The minimum absolute atomic E-state index is 0.140. The van der Waals surface area contributed by atoms with Gasteiger partial charge in [-0.25, -0.2) is 18.4 Å². The molecule has 0 unspecified atom stereocenters. The molecule has 1 aromatic carbocycles. The van der Waals surface area contributed by atoms with Crippen molar-refractivity contribution in [3.05, 3.63) is 64.7 Å². The Morgan fingerprint density at radius 1 is 1.16 bits per heavy atom. The fraction of sp³-hybridized carbons (Fsp3) is 0.286. The first-order valence-corrected chi connectivity index (χ1v) is 11.9. The van der Waals surface area contributed by atoms with Crippen LogP contribution < -0.4 is 9.04 Å². The standard InChI is InChI=1S/C21H24N4O4S2/c1-4-24(14-20-22-11-12-30-20)21(26)15-25(17-9-10-19(29-3)23-13-17)31(27,28)18-8-6-5-7-16(18)2/h5-13H,4,14-15H2,1-3H3. The van der Waals surface area contributed by atoms with Gasteiger partial charge in [0.2, 0.25) is 11.8 Å². The molecule has 0 spiro atoms. The Hall–Kier alpha value is -2.98. The van der Waals surface area contributed by atoms with Crippen molar-refractivity contribution in [2.75, 3.05) is 24.5 Å². The molecular weight excluding hydrogens is 436 g/mol. The molecule has 0 aliphatic rings. The number of aryl methyl sites for hydroxylation is 1. The average Bonchev–Trinajstić information content (AvgIpc) is 3.29. The summed E-state index contributed by atoms with van der Waals surface area (Å²) in [7, 11) is -2.53. The molecule has 0 aliphatic carbocycles. The van der Waals surface area contributed by atoms with E-state index in [1.54, 1.807) is 48.4 Å². The van der Waals surface area contributed by atoms with Gasteiger partial charge in [-0.15, -0.1) is 11.3 Å². The SMILES string of the molecule is CCN(Cc1nccs1)C(=O)CN(c1ccc(OC)nc1)S(=O)(=O)c1ccccc1C. The Morgan fingerprint density at radius 2 is 1.94 bits per heavy atom. The van der Waals surface area contributed by atoms with Crippen molar-refractivity contribution in [2.24, 2.45) is 0 Å². The number of hydrogen-bond donors (Lipinski definition) is 0. The molecule has 1 amide bonds. The maximum atomic E-state index is 13.6. The van der Waals surface area contributed by atoms with Crippen LogP contribution in [-0.2, 0) is 21.4 Å². The van der Waals surface area contributed by atoms with E-state index in [2.05, 4.69) is 9.97 Å². The zero-order valence-corrected chi connectivity index (χ0v) is 19.2. The van der Waals surface area contributed by atoms with E-state index < -0.39 is 10.0 Å². The summed E-state index contributed by atoms with van der Waals surface area (Å²) in [6.07, 6.45) is 3.06. The summed E-state index contributed by atoms with van der Waals surface area (Å²) in [5, 5.41) is 2.63. The topological polar surface area (TPSA) is 92.7 Å². The molecule has 2 heterocycles. The Kier molecular flexibility index (Phi) is 7.24. The summed E-state index contributed by atoms with van der Waals surface area (Å²) in [6, 6.07) is 9.82. The van der Waals surface area contributed by atoms with Crippen molar-refractivity contribution in [3.63, 3.8) is 0 Å². The molecule has 0 atom stereocenters. The third-order valence-corrected chi connectivity index (χ3v) is 7.40. The fourth-order valence-electron chi connectivity index (χ4n) is 3.01. The van der Waals surface area contributed by atoms with Crippen LogP contribution >= 0.6 is 11.3 Å². The Labute approximate surface area is 186 Å². The van der Waals surface area contributed by atoms with Gasteiger partial charge in [-0.2, -0.15) is 0 Å². The van der Waals surface area contributed by atoms with Crippen LogP contribution in [0.1, 0.15) is 17.5 Å². The number of likely N-dealkylation sites (N-methyl/N-ethyl adjacent to an activating group) is 1. The van der Waals surface area contributed by atoms with E-state index in [1.165, 1.54) is 30.7 Å². The lowest BCUT2D eigenvalue weighted by Gasteiger charge is -2.28. The number of benzene rings is 1. The smallest absolute Gasteiger partial charge is 0.265 e. The van der Waals surface area contributed by atoms with Gasteiger partial charge in [0, 0.05) is 24.2 Å². The molecule has 31 heavy (non-hydrogen) atoms. The van der Waals surface area contributed by atoms with Crippen LogP contribution in [0.4, 0.5) is 5.69 Å². The van der Waals surface area contributed by atoms with Crippen molar-refractivity contribution >= 4 is 33.0 Å². The van der Waals surface area contributed by atoms with Gasteiger partial charge in [0.25, 0.3) is 10.0 Å². The molecule has 164 valence electrons. The molecule has 0 bridgehead atoms. The molecule has 2 aromatic heterocycles. The minimum atomic E-state index is -4.01. The lowest BCUT2D eigenvalue weighted by molar-refractivity contribution is -0.129. The van der Waals surface area contributed by atoms with Crippen molar-refractivity contribution in [1.82, 2.24) is 14.9 Å². The van der Waals surface area contributed by atoms with Crippen molar-refractivity contribution in [2.45, 2.75) is 25.3 Å². The number of hydrogen-bond acceptors (Lipinski definition) is 7. The summed E-state index contributed by atoms with van der Waals surface area (Å²) >= 11 is 1.45. The first-order chi connectivity index (χ1) is 14.9. The molecule has 10 heteroatoms. The van der Waals surface area contributed by atoms with Crippen LogP contribution in [0.15, 0.2) is 59.1 Å². The Bertz CT molecular complexity index is 1120. The summed E-state index contributed by atoms with van der Waals surface area (Å²) in [6.45, 7) is 3.97. The zero-order valence-electron chi connectivity index (χ0n) is 17.6. The number of thiazole rings is 1. The number of amides is 1. The molecule has 0 radical (unpaired) electrons. The first kappa shape index (κ1) is 22.7. The maximum absolute atomic E-state index is 13.6. The summed E-state index contributed by atoms with van der Waals surface area (Å²) < 4.78 is 33.3. The number of rotatable bonds is 9. The van der Waals surface area contributed by atoms with Gasteiger partial charge in [-0.05, 0) is 31.5 Å². The predicted octanol–water partition coefficient (Wildman–Crippen LogP) is 3.10. The van der Waals surface area contributed by atoms with Gasteiger partial charge < -0.3 is 9.64 Å². The van der Waals surface area contributed by atoms with Gasteiger partial charge in [-0.3, -0.25) is 9.10 Å². The van der Waals surface area contributed by atoms with E-state index in [9.17, 15) is 13.2 Å². The lowest BCUT2D eigenvalue weighted by atomic mass is 10.2. The van der Waals surface area contributed by atoms with Crippen LogP contribution in [-0.4, -0.2) is 49.4 Å². The van der Waals surface area contributed by atoms with Gasteiger partial charge in [0.05, 0.1) is 30.4 Å². The van der Waals surface area contributed by atoms with E-state index in [0.717, 1.165) is 9.31 Å². The molecule has 0 aliphatic heterocycles. The van der Waals surface area contributed by atoms with E-state index in [1.807, 2.05) is 12.3 Å². The van der Waals surface area contributed by atoms with E-state index in [0.29, 0.717) is 24.5 Å². The fourth-order valence-corrected chi connectivity index (χ4v) is 5.27. The Balaban J connectivity index is 1.97. The Morgan fingerprint density at radius 3 is 2.52 bits per heavy atom. The first-order valence-electron chi connectivity index (χ1n) is 9.61. The van der Waals surface area contributed by atoms with Gasteiger partial charge in [-0.1, -0.05) is 18.2 Å². The monoisotopic (exact) mass is 460 g/mol. The third kappa shape index (κ3) is 5.20. The average molecular weight is 461 g/mol. The number of anilines is 1. The number of methoxy groups -OCH3 is 1. The number of sulfonamides is 1. The van der Waals surface area contributed by atoms with Crippen molar-refractivity contribution in [1.29, 1.82) is 0 Å². The van der Waals surface area contributed by atoms with Crippen LogP contribution in [0.2, 0.25) is 0 Å². The largest absolute Gasteiger partial charge is 0.481 e. The van der Waals surface area contributed by atoms with Crippen LogP contribution in [0.25, 0.3) is 0 Å². The van der Waals surface area contributed by atoms with E-state index >= 15 is 0 Å². The number of carbonyl (C=O) groups excluding carboxylic acids is 1. The third-order valence-electron chi connectivity index (χ3n) is 4.70. The highest BCUT2D eigenvalue weighted by atomic mass is 32.2. The number of pyridine rings is 1. The summed E-state index contributed by atoms with van der Waals surface area (Å²) in [5.74, 6) is 0.0212. The van der Waals surface area contributed by atoms with Crippen molar-refractivity contribution < 1.29 is 17.9 Å². The molecule has 3 rings (SSSR count). The minimum Gasteiger partial charge on any atom is -0.481 e. The van der Waals surface area contributed by atoms with Gasteiger partial charge in [0.1, 0.15) is 11.6 Å². The molecule has 0 saturated heterocycles. The zero-order chi connectivity index (χ0) is 22.4. The summed E-state index contributed by atoms with van der Waals surface area (Å²) in [4.78, 5) is 23.2. The van der Waals surface area contributed by atoms with Crippen LogP contribution in [0.3, 0.4) is 0 Å². The van der Waals surface area contributed by atoms with Crippen LogP contribution in [0, 0.1) is 6.92 Å². The maximum Gasteiger partial charge on any atom is 0.265 e. The number of nitrogens with zero attached hydrogens (tertiary/aromatic N) is 4. The molecular formula is C21H24N4O4S2. The normalized spacial score (nSPS) is 11.2. The van der Waals surface area contributed by atoms with Crippen molar-refractivity contribution in [3.8, 4) is 5.88 Å². The second-order valence-corrected chi connectivity index (χ2v) is 9.48. The second-order valence-electron chi connectivity index (χ2n) is 6.67. The molecule has 3 aromatic rings. The molecule has 0 N–H and O–H groups in total. The number of aromatic nitrogens is 2. The quantitative estimate of drug-likeness (QED) is 0.487. The molecule has 8 nitrogen and oxygen atoms in total. The highest BCUT2D eigenvalue weighted by Gasteiger charge is 2.30. The second kappa shape index (κ2) is 9.88. The highest BCUT2D eigenvalue weighted by Crippen LogP contribution is 2.26. The van der Waals surface area contributed by atoms with E-state index in [4.69, 9.17) is 4.74 Å². The predicted molar refractivity (Wildman–Crippen MR) is 120 cm³/mol. The lowest BCUT2D eigenvalue weighted by Crippen LogP contribution is -2.43. The van der Waals surface area contributed by atoms with Gasteiger partial charge >= 0.3 is 0 Å². The number of ether oxygens (including phenoxy) is 1. The highest BCUT2D eigenvalue weighted by molar-refractivity contribution is 7.93. The molecule has 0 fully saturated rings. The van der Waals surface area contributed by atoms with Gasteiger partial charge in [0.15, 0.2) is 0 Å². The van der Waals surface area contributed by atoms with Crippen LogP contribution in [0.5, 0.6) is 5.88 Å². The molecule has 0 saturated carbocycles. The number of carbonyl (C=O) groups is 1. The van der Waals surface area contributed by atoms with E-state index in [-0.39, 0.29) is 23.0 Å². The summed E-state index contributed by atoms with van der Waals surface area (Å²) in [5.41, 5.74) is 0.874.